The molecule has 21 heavy (non-hydrogen) atoms. The predicted octanol–water partition coefficient (Wildman–Crippen LogP) is 3.68. The average Bonchev–Trinajstić information content (AvgIpc) is 2.87. The summed E-state index contributed by atoms with van der Waals surface area (Å²) in [5.74, 6) is 0. The fourth-order valence-corrected chi connectivity index (χ4v) is 2.69. The summed E-state index contributed by atoms with van der Waals surface area (Å²) in [7, 11) is 0. The molecule has 1 saturated heterocycles. The number of hydrogen-bond acceptors (Lipinski definition) is 4. The van der Waals surface area contributed by atoms with E-state index in [4.69, 9.17) is 4.74 Å². The van der Waals surface area contributed by atoms with Crippen LogP contribution in [0.2, 0.25) is 0 Å². The van der Waals surface area contributed by atoms with Crippen LogP contribution in [0.15, 0.2) is 24.8 Å². The van der Waals surface area contributed by atoms with Gasteiger partial charge in [-0.05, 0) is 37.8 Å². The summed E-state index contributed by atoms with van der Waals surface area (Å²) in [6.45, 7) is 6.50. The number of aromatic nitrogens is 2. The van der Waals surface area contributed by atoms with Gasteiger partial charge in [0.15, 0.2) is 6.23 Å². The van der Waals surface area contributed by atoms with Crippen molar-refractivity contribution >= 4 is 22.2 Å². The fourth-order valence-electron chi connectivity index (χ4n) is 2.69. The van der Waals surface area contributed by atoms with Gasteiger partial charge in [-0.15, -0.1) is 0 Å². The molecule has 0 aliphatic carbocycles. The lowest BCUT2D eigenvalue weighted by molar-refractivity contribution is -0.384. The number of ether oxygens (including phenoxy) is 1. The van der Waals surface area contributed by atoms with Crippen molar-refractivity contribution in [2.24, 2.45) is 0 Å². The molecule has 0 spiro atoms. The van der Waals surface area contributed by atoms with E-state index in [0.29, 0.717) is 5.69 Å². The Labute approximate surface area is 122 Å². The van der Waals surface area contributed by atoms with Gasteiger partial charge in [0.25, 0.3) is 5.69 Å². The molecule has 110 valence electrons. The lowest BCUT2D eigenvalue weighted by Gasteiger charge is -2.23. The second kappa shape index (κ2) is 5.29. The average molecular weight is 287 g/mol. The SMILES string of the molecule is C=C(C)c1nn(C2CCCCO2)c2ccc([N+](=O)[O-])cc12. The van der Waals surface area contributed by atoms with Gasteiger partial charge in [0.2, 0.25) is 0 Å². The van der Waals surface area contributed by atoms with Gasteiger partial charge in [-0.2, -0.15) is 5.10 Å². The first-order valence-corrected chi connectivity index (χ1v) is 7.02. The van der Waals surface area contributed by atoms with Crippen LogP contribution in [0.4, 0.5) is 5.69 Å². The number of rotatable bonds is 3. The summed E-state index contributed by atoms with van der Waals surface area (Å²) in [4.78, 5) is 10.6. The Morgan fingerprint density at radius 2 is 2.33 bits per heavy atom. The van der Waals surface area contributed by atoms with E-state index < -0.39 is 4.92 Å². The maximum atomic E-state index is 11.0. The van der Waals surface area contributed by atoms with Gasteiger partial charge >= 0.3 is 0 Å². The number of nitro groups is 1. The Morgan fingerprint density at radius 1 is 1.52 bits per heavy atom. The quantitative estimate of drug-likeness (QED) is 0.637. The molecule has 1 aromatic heterocycles. The molecular weight excluding hydrogens is 270 g/mol. The highest BCUT2D eigenvalue weighted by molar-refractivity contribution is 5.91. The summed E-state index contributed by atoms with van der Waals surface area (Å²) < 4.78 is 7.62. The normalized spacial score (nSPS) is 18.8. The third-order valence-corrected chi connectivity index (χ3v) is 3.73. The highest BCUT2D eigenvalue weighted by Gasteiger charge is 2.22. The molecule has 0 saturated carbocycles. The van der Waals surface area contributed by atoms with Crippen molar-refractivity contribution in [1.29, 1.82) is 0 Å². The summed E-state index contributed by atoms with van der Waals surface area (Å²) in [6, 6.07) is 4.81. The van der Waals surface area contributed by atoms with Crippen LogP contribution in [0.5, 0.6) is 0 Å². The van der Waals surface area contributed by atoms with Gasteiger partial charge in [-0.1, -0.05) is 6.58 Å². The van der Waals surface area contributed by atoms with Crippen molar-refractivity contribution in [2.45, 2.75) is 32.4 Å². The molecule has 2 aromatic rings. The van der Waals surface area contributed by atoms with Crippen molar-refractivity contribution in [3.8, 4) is 0 Å². The highest BCUT2D eigenvalue weighted by Crippen LogP contribution is 2.32. The summed E-state index contributed by atoms with van der Waals surface area (Å²) >= 11 is 0. The number of allylic oxidation sites excluding steroid dienone is 1. The number of fused-ring (bicyclic) bond motifs is 1. The maximum Gasteiger partial charge on any atom is 0.270 e. The zero-order chi connectivity index (χ0) is 15.0. The van der Waals surface area contributed by atoms with Gasteiger partial charge in [0, 0.05) is 24.1 Å². The van der Waals surface area contributed by atoms with Crippen molar-refractivity contribution in [3.63, 3.8) is 0 Å². The second-order valence-electron chi connectivity index (χ2n) is 5.35. The predicted molar refractivity (Wildman–Crippen MR) is 79.9 cm³/mol. The minimum absolute atomic E-state index is 0.0640. The van der Waals surface area contributed by atoms with Crippen molar-refractivity contribution in [2.75, 3.05) is 6.61 Å². The van der Waals surface area contributed by atoms with Crippen LogP contribution >= 0.6 is 0 Å². The lowest BCUT2D eigenvalue weighted by atomic mass is 10.1. The zero-order valence-corrected chi connectivity index (χ0v) is 11.9. The van der Waals surface area contributed by atoms with Gasteiger partial charge in [0.05, 0.1) is 16.1 Å². The number of nitro benzene ring substituents is 1. The van der Waals surface area contributed by atoms with Crippen LogP contribution in [0, 0.1) is 10.1 Å². The lowest BCUT2D eigenvalue weighted by Crippen LogP contribution is -2.19. The smallest absolute Gasteiger partial charge is 0.270 e. The molecule has 3 rings (SSSR count). The molecule has 6 nitrogen and oxygen atoms in total. The fraction of sp³-hybridized carbons (Fsp3) is 0.400. The molecular formula is C15H17N3O3. The molecule has 2 heterocycles. The second-order valence-corrected chi connectivity index (χ2v) is 5.35. The Morgan fingerprint density at radius 3 is 2.95 bits per heavy atom. The van der Waals surface area contributed by atoms with E-state index in [-0.39, 0.29) is 11.9 Å². The third kappa shape index (κ3) is 2.42. The van der Waals surface area contributed by atoms with Crippen LogP contribution in [0.3, 0.4) is 0 Å². The van der Waals surface area contributed by atoms with Gasteiger partial charge in [0.1, 0.15) is 0 Å². The summed E-state index contributed by atoms with van der Waals surface area (Å²) in [5, 5.41) is 16.3. The van der Waals surface area contributed by atoms with Crippen molar-refractivity contribution < 1.29 is 9.66 Å². The number of non-ortho nitro benzene ring substituents is 1. The Hall–Kier alpha value is -2.21. The van der Waals surface area contributed by atoms with E-state index in [1.54, 1.807) is 12.1 Å². The molecule has 0 amide bonds. The third-order valence-electron chi connectivity index (χ3n) is 3.73. The van der Waals surface area contributed by atoms with Crippen LogP contribution in [0.25, 0.3) is 16.5 Å². The van der Waals surface area contributed by atoms with Crippen LogP contribution in [-0.2, 0) is 4.74 Å². The molecule has 0 N–H and O–H groups in total. The molecule has 1 unspecified atom stereocenters. The Balaban J connectivity index is 2.17. The minimum Gasteiger partial charge on any atom is -0.356 e. The monoisotopic (exact) mass is 287 g/mol. The van der Waals surface area contributed by atoms with Gasteiger partial charge < -0.3 is 4.74 Å². The number of hydrogen-bond donors (Lipinski definition) is 0. The zero-order valence-electron chi connectivity index (χ0n) is 11.9. The van der Waals surface area contributed by atoms with E-state index in [2.05, 4.69) is 11.7 Å². The summed E-state index contributed by atoms with van der Waals surface area (Å²) in [5.41, 5.74) is 2.40. The molecule has 1 atom stereocenters. The highest BCUT2D eigenvalue weighted by atomic mass is 16.6. The van der Waals surface area contributed by atoms with E-state index in [9.17, 15) is 10.1 Å². The van der Waals surface area contributed by atoms with E-state index in [0.717, 1.165) is 42.3 Å². The number of nitrogens with zero attached hydrogens (tertiary/aromatic N) is 3. The first-order valence-electron chi connectivity index (χ1n) is 7.02. The molecule has 1 fully saturated rings. The molecule has 1 aromatic carbocycles. The number of benzene rings is 1. The van der Waals surface area contributed by atoms with Gasteiger partial charge in [-0.3, -0.25) is 10.1 Å². The minimum atomic E-state index is -0.393. The largest absolute Gasteiger partial charge is 0.356 e. The molecule has 0 radical (unpaired) electrons. The standard InChI is InChI=1S/C15H17N3O3/c1-10(2)15-12-9-11(18(19)20)6-7-13(12)17(16-15)14-5-3-4-8-21-14/h6-7,9,14H,1,3-5,8H2,2H3. The maximum absolute atomic E-state index is 11.0. The Kier molecular flexibility index (Phi) is 3.47. The topological polar surface area (TPSA) is 70.2 Å². The Bertz CT molecular complexity index is 714. The van der Waals surface area contributed by atoms with Crippen LogP contribution in [0.1, 0.15) is 38.1 Å². The van der Waals surface area contributed by atoms with Crippen molar-refractivity contribution in [3.05, 3.63) is 40.6 Å². The van der Waals surface area contributed by atoms with Crippen LogP contribution < -0.4 is 0 Å². The van der Waals surface area contributed by atoms with Crippen LogP contribution in [-0.4, -0.2) is 21.3 Å². The molecule has 1 aliphatic rings. The van der Waals surface area contributed by atoms with Gasteiger partial charge in [-0.25, -0.2) is 4.68 Å². The van der Waals surface area contributed by atoms with Crippen molar-refractivity contribution in [1.82, 2.24) is 9.78 Å². The van der Waals surface area contributed by atoms with E-state index >= 15 is 0 Å². The van der Waals surface area contributed by atoms with E-state index in [1.807, 2.05) is 11.6 Å². The summed E-state index contributed by atoms with van der Waals surface area (Å²) in [6.07, 6.45) is 2.97. The molecule has 6 heteroatoms. The van der Waals surface area contributed by atoms with E-state index in [1.165, 1.54) is 6.07 Å². The first kappa shape index (κ1) is 13.8. The first-order chi connectivity index (χ1) is 10.1. The molecule has 1 aliphatic heterocycles. The molecule has 0 bridgehead atoms.